The number of nitrogens with one attached hydrogen (secondary N) is 1. The Morgan fingerprint density at radius 2 is 2.00 bits per heavy atom. The third-order valence-electron chi connectivity index (χ3n) is 2.53. The summed E-state index contributed by atoms with van der Waals surface area (Å²) in [6.45, 7) is 4.39. The lowest BCUT2D eigenvalue weighted by Gasteiger charge is -2.14. The number of rotatable bonds is 1. The zero-order valence-corrected chi connectivity index (χ0v) is 8.90. The maximum absolute atomic E-state index is 3.45. The molecule has 1 aromatic rings. The van der Waals surface area contributed by atoms with E-state index in [1.54, 1.807) is 0 Å². The Morgan fingerprint density at radius 1 is 1.31 bits per heavy atom. The van der Waals surface area contributed by atoms with E-state index in [9.17, 15) is 0 Å². The van der Waals surface area contributed by atoms with Crippen LogP contribution in [0.15, 0.2) is 24.3 Å². The molecule has 1 nitrogen and oxygen atoms in total. The highest BCUT2D eigenvalue weighted by molar-refractivity contribution is 7.99. The van der Waals surface area contributed by atoms with Gasteiger partial charge in [-0.05, 0) is 19.4 Å². The molecule has 70 valence electrons. The van der Waals surface area contributed by atoms with Crippen LogP contribution in [0.1, 0.15) is 23.3 Å². The van der Waals surface area contributed by atoms with Crippen molar-refractivity contribution in [1.29, 1.82) is 0 Å². The normalized spacial score (nSPS) is 27.8. The summed E-state index contributed by atoms with van der Waals surface area (Å²) in [5, 5.41) is 4.09. The first-order valence-corrected chi connectivity index (χ1v) is 5.74. The molecule has 1 saturated heterocycles. The second kappa shape index (κ2) is 3.72. The van der Waals surface area contributed by atoms with Gasteiger partial charge in [0.15, 0.2) is 0 Å². The monoisotopic (exact) mass is 193 g/mol. The summed E-state index contributed by atoms with van der Waals surface area (Å²) in [6, 6.07) is 9.49. The molecule has 2 rings (SSSR count). The Morgan fingerprint density at radius 3 is 2.54 bits per heavy atom. The van der Waals surface area contributed by atoms with E-state index in [0.29, 0.717) is 11.3 Å². The topological polar surface area (TPSA) is 12.0 Å². The van der Waals surface area contributed by atoms with Gasteiger partial charge in [-0.2, -0.15) is 0 Å². The highest BCUT2D eigenvalue weighted by atomic mass is 32.2. The SMILES string of the molecule is Cc1ccc(C2SCNC2C)cc1. The fraction of sp³-hybridized carbons (Fsp3) is 0.455. The maximum atomic E-state index is 3.45. The molecule has 0 spiro atoms. The molecule has 1 aliphatic heterocycles. The van der Waals surface area contributed by atoms with Gasteiger partial charge in [0.05, 0.1) is 0 Å². The van der Waals surface area contributed by atoms with Crippen LogP contribution < -0.4 is 5.32 Å². The smallest absolute Gasteiger partial charge is 0.0460 e. The molecule has 2 heteroatoms. The molecule has 1 heterocycles. The van der Waals surface area contributed by atoms with Gasteiger partial charge in [-0.15, -0.1) is 11.8 Å². The average Bonchev–Trinajstić information content (AvgIpc) is 2.53. The molecule has 0 radical (unpaired) electrons. The van der Waals surface area contributed by atoms with Gasteiger partial charge < -0.3 is 5.32 Å². The highest BCUT2D eigenvalue weighted by Gasteiger charge is 2.24. The quantitative estimate of drug-likeness (QED) is 0.736. The van der Waals surface area contributed by atoms with E-state index in [-0.39, 0.29) is 0 Å². The van der Waals surface area contributed by atoms with Crippen LogP contribution in [-0.4, -0.2) is 11.9 Å². The van der Waals surface area contributed by atoms with Crippen LogP contribution in [0.25, 0.3) is 0 Å². The molecule has 0 bridgehead atoms. The third kappa shape index (κ3) is 1.89. The molecule has 0 aliphatic carbocycles. The van der Waals surface area contributed by atoms with Crippen molar-refractivity contribution in [3.8, 4) is 0 Å². The van der Waals surface area contributed by atoms with Crippen molar-refractivity contribution in [3.05, 3.63) is 35.4 Å². The van der Waals surface area contributed by atoms with Crippen LogP contribution in [0.3, 0.4) is 0 Å². The van der Waals surface area contributed by atoms with Crippen molar-refractivity contribution in [2.24, 2.45) is 0 Å². The Kier molecular flexibility index (Phi) is 2.61. The van der Waals surface area contributed by atoms with E-state index in [1.165, 1.54) is 11.1 Å². The first-order valence-electron chi connectivity index (χ1n) is 4.69. The molecule has 1 N–H and O–H groups in total. The van der Waals surface area contributed by atoms with Gasteiger partial charge in [0.25, 0.3) is 0 Å². The van der Waals surface area contributed by atoms with Crippen molar-refractivity contribution in [2.75, 3.05) is 5.88 Å². The van der Waals surface area contributed by atoms with Crippen molar-refractivity contribution < 1.29 is 0 Å². The number of hydrogen-bond donors (Lipinski definition) is 1. The van der Waals surface area contributed by atoms with Gasteiger partial charge in [0.2, 0.25) is 0 Å². The highest BCUT2D eigenvalue weighted by Crippen LogP contribution is 2.35. The summed E-state index contributed by atoms with van der Waals surface area (Å²) in [6.07, 6.45) is 0. The molecule has 1 fully saturated rings. The molecule has 2 unspecified atom stereocenters. The first-order chi connectivity index (χ1) is 6.27. The molecule has 1 aliphatic rings. The first kappa shape index (κ1) is 9.10. The predicted octanol–water partition coefficient (Wildman–Crippen LogP) is 2.72. The fourth-order valence-corrected chi connectivity index (χ4v) is 2.93. The summed E-state index contributed by atoms with van der Waals surface area (Å²) in [7, 11) is 0. The number of hydrogen-bond acceptors (Lipinski definition) is 2. The minimum atomic E-state index is 0.604. The largest absolute Gasteiger partial charge is 0.304 e. The van der Waals surface area contributed by atoms with E-state index in [0.717, 1.165) is 5.88 Å². The summed E-state index contributed by atoms with van der Waals surface area (Å²) in [5.41, 5.74) is 2.79. The van der Waals surface area contributed by atoms with Crippen LogP contribution in [0.4, 0.5) is 0 Å². The number of thioether (sulfide) groups is 1. The van der Waals surface area contributed by atoms with E-state index in [1.807, 2.05) is 11.8 Å². The van der Waals surface area contributed by atoms with Crippen LogP contribution in [0, 0.1) is 6.92 Å². The second-order valence-corrected chi connectivity index (χ2v) is 4.76. The lowest BCUT2D eigenvalue weighted by molar-refractivity contribution is 0.620. The lowest BCUT2D eigenvalue weighted by atomic mass is 10.1. The van der Waals surface area contributed by atoms with Crippen LogP contribution in [0.2, 0.25) is 0 Å². The van der Waals surface area contributed by atoms with Gasteiger partial charge in [-0.25, -0.2) is 0 Å². The molecular formula is C11H15NS. The molecule has 13 heavy (non-hydrogen) atoms. The van der Waals surface area contributed by atoms with E-state index < -0.39 is 0 Å². The maximum Gasteiger partial charge on any atom is 0.0460 e. The summed E-state index contributed by atoms with van der Waals surface area (Å²) < 4.78 is 0. The zero-order chi connectivity index (χ0) is 9.26. The zero-order valence-electron chi connectivity index (χ0n) is 8.08. The number of benzene rings is 1. The van der Waals surface area contributed by atoms with E-state index in [4.69, 9.17) is 0 Å². The van der Waals surface area contributed by atoms with Gasteiger partial charge >= 0.3 is 0 Å². The van der Waals surface area contributed by atoms with Crippen molar-refractivity contribution in [1.82, 2.24) is 5.32 Å². The van der Waals surface area contributed by atoms with Gasteiger partial charge in [0, 0.05) is 17.2 Å². The Labute approximate surface area is 83.9 Å². The van der Waals surface area contributed by atoms with Gasteiger partial charge in [0.1, 0.15) is 0 Å². The van der Waals surface area contributed by atoms with Crippen LogP contribution in [-0.2, 0) is 0 Å². The molecule has 2 atom stereocenters. The third-order valence-corrected chi connectivity index (χ3v) is 3.90. The summed E-state index contributed by atoms with van der Waals surface area (Å²) in [5.74, 6) is 1.08. The number of aryl methyl sites for hydroxylation is 1. The van der Waals surface area contributed by atoms with Crippen molar-refractivity contribution in [3.63, 3.8) is 0 Å². The molecule has 1 aromatic carbocycles. The Hall–Kier alpha value is -0.470. The van der Waals surface area contributed by atoms with Crippen molar-refractivity contribution >= 4 is 11.8 Å². The fourth-order valence-electron chi connectivity index (χ4n) is 1.66. The van der Waals surface area contributed by atoms with E-state index >= 15 is 0 Å². The predicted molar refractivity (Wildman–Crippen MR) is 59.0 cm³/mol. The van der Waals surface area contributed by atoms with E-state index in [2.05, 4.69) is 43.4 Å². The standard InChI is InChI=1S/C11H15NS/c1-8-3-5-10(6-4-8)11-9(2)12-7-13-11/h3-6,9,11-12H,7H2,1-2H3. The molecular weight excluding hydrogens is 178 g/mol. The minimum absolute atomic E-state index is 0.604. The average molecular weight is 193 g/mol. The second-order valence-electron chi connectivity index (χ2n) is 3.64. The van der Waals surface area contributed by atoms with Crippen LogP contribution in [0.5, 0.6) is 0 Å². The van der Waals surface area contributed by atoms with Gasteiger partial charge in [-0.1, -0.05) is 29.8 Å². The van der Waals surface area contributed by atoms with Crippen LogP contribution >= 0.6 is 11.8 Å². The van der Waals surface area contributed by atoms with Crippen molar-refractivity contribution in [2.45, 2.75) is 25.1 Å². The minimum Gasteiger partial charge on any atom is -0.304 e. The lowest BCUT2D eigenvalue weighted by Crippen LogP contribution is -2.21. The molecule has 0 saturated carbocycles. The summed E-state index contributed by atoms with van der Waals surface area (Å²) >= 11 is 2.00. The Balaban J connectivity index is 2.20. The molecule has 0 aromatic heterocycles. The molecule has 0 amide bonds. The van der Waals surface area contributed by atoms with Gasteiger partial charge in [-0.3, -0.25) is 0 Å². The summed E-state index contributed by atoms with van der Waals surface area (Å²) in [4.78, 5) is 0. The Bertz CT molecular complexity index is 281.